The van der Waals surface area contributed by atoms with Gasteiger partial charge in [0.15, 0.2) is 12.3 Å². The van der Waals surface area contributed by atoms with Crippen molar-refractivity contribution in [3.05, 3.63) is 46.2 Å². The number of hydrogen-bond donors (Lipinski definition) is 0. The van der Waals surface area contributed by atoms with Crippen molar-refractivity contribution in [2.45, 2.75) is 6.61 Å². The third kappa shape index (κ3) is 5.01. The molecule has 2 aromatic rings. The number of nitrogens with zero attached hydrogens (tertiary/aromatic N) is 3. The number of thiazole rings is 1. The first-order valence-corrected chi connectivity index (χ1v) is 9.33. The summed E-state index contributed by atoms with van der Waals surface area (Å²) in [5.74, 6) is -1.13. The Balaban J connectivity index is 1.45. The summed E-state index contributed by atoms with van der Waals surface area (Å²) < 4.78 is 23.0. The summed E-state index contributed by atoms with van der Waals surface area (Å²) in [6, 6.07) is 6.28. The van der Waals surface area contributed by atoms with Gasteiger partial charge in [-0.25, -0.2) is 14.2 Å². The number of carbonyl (C=O) groups is 2. The number of carbonyl (C=O) groups excluding carboxylic acids is 2. The molecule has 0 atom stereocenters. The Bertz CT molecular complexity index is 788. The highest BCUT2D eigenvalue weighted by atomic mass is 32.1. The van der Waals surface area contributed by atoms with Crippen LogP contribution in [0.4, 0.5) is 10.1 Å². The van der Waals surface area contributed by atoms with E-state index in [1.54, 1.807) is 29.5 Å². The summed E-state index contributed by atoms with van der Waals surface area (Å²) in [5.41, 5.74) is 1.10. The Labute approximate surface area is 160 Å². The molecule has 0 spiro atoms. The first-order valence-electron chi connectivity index (χ1n) is 8.45. The van der Waals surface area contributed by atoms with Crippen LogP contribution in [0.25, 0.3) is 0 Å². The van der Waals surface area contributed by atoms with E-state index in [-0.39, 0.29) is 24.0 Å². The Morgan fingerprint density at radius 3 is 2.56 bits per heavy atom. The van der Waals surface area contributed by atoms with E-state index >= 15 is 0 Å². The number of piperazine rings is 1. The lowest BCUT2D eigenvalue weighted by molar-refractivity contribution is -0.134. The predicted molar refractivity (Wildman–Crippen MR) is 98.3 cm³/mol. The molecule has 27 heavy (non-hydrogen) atoms. The molecule has 0 unspecified atom stereocenters. The van der Waals surface area contributed by atoms with Crippen LogP contribution in [0.5, 0.6) is 0 Å². The zero-order chi connectivity index (χ0) is 19.2. The molecule has 0 saturated carbocycles. The van der Waals surface area contributed by atoms with E-state index in [4.69, 9.17) is 9.47 Å². The maximum atomic E-state index is 13.0. The molecule has 9 heteroatoms. The number of anilines is 1. The molecule has 1 saturated heterocycles. The van der Waals surface area contributed by atoms with Crippen molar-refractivity contribution in [1.82, 2.24) is 9.88 Å². The molecule has 1 aromatic carbocycles. The number of aromatic nitrogens is 1. The Morgan fingerprint density at radius 2 is 1.89 bits per heavy atom. The summed E-state index contributed by atoms with van der Waals surface area (Å²) in [6.45, 7) is 2.32. The minimum atomic E-state index is -0.619. The van der Waals surface area contributed by atoms with Crippen LogP contribution in [-0.4, -0.2) is 61.7 Å². The molecule has 1 aliphatic rings. The number of ether oxygens (including phenoxy) is 2. The molecule has 1 amide bonds. The van der Waals surface area contributed by atoms with Gasteiger partial charge in [0.05, 0.1) is 6.61 Å². The van der Waals surface area contributed by atoms with E-state index in [9.17, 15) is 14.0 Å². The molecular weight excluding hydrogens is 373 g/mol. The average Bonchev–Trinajstić information content (AvgIpc) is 3.16. The van der Waals surface area contributed by atoms with E-state index in [0.717, 1.165) is 5.69 Å². The molecular formula is C18H20FN3O4S. The zero-order valence-corrected chi connectivity index (χ0v) is 15.7. The number of methoxy groups -OCH3 is 1. The van der Waals surface area contributed by atoms with Gasteiger partial charge in [-0.3, -0.25) is 4.79 Å². The van der Waals surface area contributed by atoms with E-state index in [1.165, 1.54) is 23.5 Å². The quantitative estimate of drug-likeness (QED) is 0.699. The Hall–Kier alpha value is -2.52. The zero-order valence-electron chi connectivity index (χ0n) is 14.9. The number of rotatable bonds is 6. The summed E-state index contributed by atoms with van der Waals surface area (Å²) >= 11 is 1.30. The highest BCUT2D eigenvalue weighted by Gasteiger charge is 2.23. The lowest BCUT2D eigenvalue weighted by Gasteiger charge is -2.36. The summed E-state index contributed by atoms with van der Waals surface area (Å²) in [6.07, 6.45) is 0. The van der Waals surface area contributed by atoms with Gasteiger partial charge in [-0.05, 0) is 24.3 Å². The third-order valence-electron chi connectivity index (χ3n) is 4.18. The van der Waals surface area contributed by atoms with Crippen molar-refractivity contribution < 1.29 is 23.5 Å². The highest BCUT2D eigenvalue weighted by Crippen LogP contribution is 2.17. The van der Waals surface area contributed by atoms with Crippen LogP contribution in [0.3, 0.4) is 0 Å². The van der Waals surface area contributed by atoms with Gasteiger partial charge in [-0.1, -0.05) is 0 Å². The third-order valence-corrected chi connectivity index (χ3v) is 5.00. The minimum absolute atomic E-state index is 0.181. The van der Waals surface area contributed by atoms with Crippen LogP contribution in [-0.2, 0) is 20.9 Å². The largest absolute Gasteiger partial charge is 0.451 e. The maximum absolute atomic E-state index is 13.0. The van der Waals surface area contributed by atoms with Crippen LogP contribution in [0, 0.1) is 5.82 Å². The Kier molecular flexibility index (Phi) is 6.36. The van der Waals surface area contributed by atoms with E-state index < -0.39 is 5.97 Å². The molecule has 0 radical (unpaired) electrons. The molecule has 2 heterocycles. The smallest absolute Gasteiger partial charge is 0.358 e. The van der Waals surface area contributed by atoms with Crippen molar-refractivity contribution in [2.24, 2.45) is 0 Å². The van der Waals surface area contributed by atoms with Crippen LogP contribution in [0.2, 0.25) is 0 Å². The van der Waals surface area contributed by atoms with E-state index in [1.807, 2.05) is 0 Å². The molecule has 0 aliphatic carbocycles. The van der Waals surface area contributed by atoms with Gasteiger partial charge < -0.3 is 19.3 Å². The van der Waals surface area contributed by atoms with Crippen LogP contribution >= 0.6 is 11.3 Å². The van der Waals surface area contributed by atoms with Crippen molar-refractivity contribution in [2.75, 3.05) is 44.8 Å². The lowest BCUT2D eigenvalue weighted by atomic mass is 10.2. The normalized spacial score (nSPS) is 14.3. The number of benzene rings is 1. The SMILES string of the molecule is COCc1nc(C(=O)OCC(=O)N2CCN(c3ccc(F)cc3)CC2)cs1. The van der Waals surface area contributed by atoms with Gasteiger partial charge in [0.1, 0.15) is 10.8 Å². The maximum Gasteiger partial charge on any atom is 0.358 e. The second-order valence-electron chi connectivity index (χ2n) is 5.98. The van der Waals surface area contributed by atoms with Crippen molar-refractivity contribution in [3.8, 4) is 0 Å². The molecule has 3 rings (SSSR count). The van der Waals surface area contributed by atoms with Gasteiger partial charge in [0.2, 0.25) is 0 Å². The molecule has 144 valence electrons. The van der Waals surface area contributed by atoms with E-state index in [2.05, 4.69) is 9.88 Å². The topological polar surface area (TPSA) is 72.0 Å². The number of esters is 1. The van der Waals surface area contributed by atoms with Crippen LogP contribution in [0.15, 0.2) is 29.6 Å². The van der Waals surface area contributed by atoms with E-state index in [0.29, 0.717) is 37.8 Å². The lowest BCUT2D eigenvalue weighted by Crippen LogP contribution is -2.49. The first kappa shape index (κ1) is 19.2. The second kappa shape index (κ2) is 8.92. The van der Waals surface area contributed by atoms with Crippen LogP contribution in [0.1, 0.15) is 15.5 Å². The molecule has 1 aromatic heterocycles. The predicted octanol–water partition coefficient (Wildman–Crippen LogP) is 1.93. The summed E-state index contributed by atoms with van der Waals surface area (Å²) in [5, 5.41) is 2.26. The van der Waals surface area contributed by atoms with Crippen molar-refractivity contribution in [1.29, 1.82) is 0 Å². The van der Waals surface area contributed by atoms with Crippen molar-refractivity contribution in [3.63, 3.8) is 0 Å². The molecule has 0 bridgehead atoms. The fraction of sp³-hybridized carbons (Fsp3) is 0.389. The number of halogens is 1. The summed E-state index contributed by atoms with van der Waals surface area (Å²) in [7, 11) is 1.55. The Morgan fingerprint density at radius 1 is 1.19 bits per heavy atom. The second-order valence-corrected chi connectivity index (χ2v) is 6.92. The van der Waals surface area contributed by atoms with Gasteiger partial charge in [-0.15, -0.1) is 11.3 Å². The molecule has 1 aliphatic heterocycles. The molecule has 1 fully saturated rings. The monoisotopic (exact) mass is 393 g/mol. The fourth-order valence-corrected chi connectivity index (χ4v) is 3.49. The summed E-state index contributed by atoms with van der Waals surface area (Å²) in [4.78, 5) is 32.1. The van der Waals surface area contributed by atoms with Gasteiger partial charge >= 0.3 is 5.97 Å². The fourth-order valence-electron chi connectivity index (χ4n) is 2.75. The average molecular weight is 393 g/mol. The van der Waals surface area contributed by atoms with Crippen LogP contribution < -0.4 is 4.90 Å². The van der Waals surface area contributed by atoms with Gasteiger partial charge in [0.25, 0.3) is 5.91 Å². The minimum Gasteiger partial charge on any atom is -0.451 e. The molecule has 0 N–H and O–H groups in total. The number of hydrogen-bond acceptors (Lipinski definition) is 7. The first-order chi connectivity index (χ1) is 13.1. The van der Waals surface area contributed by atoms with Crippen molar-refractivity contribution >= 4 is 28.9 Å². The molecule has 7 nitrogen and oxygen atoms in total. The van der Waals surface area contributed by atoms with Gasteiger partial charge in [0, 0.05) is 44.4 Å². The van der Waals surface area contributed by atoms with Gasteiger partial charge in [-0.2, -0.15) is 0 Å². The standard InChI is InChI=1S/C18H20FN3O4S/c1-25-10-16-20-15(12-27-16)18(24)26-11-17(23)22-8-6-21(7-9-22)14-4-2-13(19)3-5-14/h2-5,12H,6-11H2,1H3. The highest BCUT2D eigenvalue weighted by molar-refractivity contribution is 7.09. The number of amides is 1.